The molecule has 3 nitrogen and oxygen atoms in total. The number of nitrogens with one attached hydrogen (secondary N) is 1. The Kier molecular flexibility index (Phi) is 5.84. The average molecular weight is 372 g/mol. The van der Waals surface area contributed by atoms with Crippen molar-refractivity contribution in [2.24, 2.45) is 0 Å². The smallest absolute Gasteiger partial charge is 0.299 e. The summed E-state index contributed by atoms with van der Waals surface area (Å²) in [6.07, 6.45) is 11.5. The van der Waals surface area contributed by atoms with Gasteiger partial charge in [-0.25, -0.2) is 8.78 Å². The van der Waals surface area contributed by atoms with Gasteiger partial charge in [0, 0.05) is 23.2 Å². The van der Waals surface area contributed by atoms with Crippen LogP contribution in [0.25, 0.3) is 10.9 Å². The number of nitrogens with zero attached hydrogens (tertiary/aromatic N) is 1. The number of H-pyrrole nitrogens is 1. The summed E-state index contributed by atoms with van der Waals surface area (Å²) >= 11 is 0. The van der Waals surface area contributed by atoms with E-state index in [0.29, 0.717) is 17.3 Å². The fraction of sp³-hybridized carbons (Fsp3) is 0.500. The zero-order chi connectivity index (χ0) is 19.6. The van der Waals surface area contributed by atoms with E-state index < -0.39 is 11.6 Å². The summed E-state index contributed by atoms with van der Waals surface area (Å²) in [5.41, 5.74) is 2.04. The molecule has 1 N–H and O–H groups in total. The lowest BCUT2D eigenvalue weighted by Crippen LogP contribution is -2.47. The van der Waals surface area contributed by atoms with Gasteiger partial charge in [-0.15, -0.1) is 6.42 Å². The number of unbranched alkanes of at least 4 members (excludes halogenated alkanes) is 2. The van der Waals surface area contributed by atoms with E-state index in [2.05, 4.69) is 24.8 Å². The lowest BCUT2D eigenvalue weighted by molar-refractivity contribution is -0.131. The van der Waals surface area contributed by atoms with E-state index in [4.69, 9.17) is 6.42 Å². The minimum atomic E-state index is -0.603. The zero-order valence-electron chi connectivity index (χ0n) is 15.9. The summed E-state index contributed by atoms with van der Waals surface area (Å²) in [5, 5.41) is 0.582. The van der Waals surface area contributed by atoms with Crippen molar-refractivity contribution < 1.29 is 13.6 Å². The quantitative estimate of drug-likeness (QED) is 0.691. The standard InChI is InChI=1S/C22H26F2N2O/c1-4-7-9-15-13-17-16-11-14(23)12-18(24)21(16)25-22(17)19(10-8-5-2)26(15)20(27)6-3/h3,11-12,15,19,25H,4-5,7-10,13H2,1-2H3/t15-,19-/m0/s1. The Labute approximate surface area is 159 Å². The average Bonchev–Trinajstić information content (AvgIpc) is 3.02. The van der Waals surface area contributed by atoms with Gasteiger partial charge in [0.25, 0.3) is 5.91 Å². The fourth-order valence-electron chi connectivity index (χ4n) is 4.27. The lowest BCUT2D eigenvalue weighted by atomic mass is 9.87. The summed E-state index contributed by atoms with van der Waals surface area (Å²) in [6.45, 7) is 4.19. The van der Waals surface area contributed by atoms with Crippen molar-refractivity contribution in [3.05, 3.63) is 35.0 Å². The number of carbonyl (C=O) groups is 1. The molecule has 0 saturated heterocycles. The SMILES string of the molecule is C#CC(=O)N1[C@@H](CCCC)Cc2c([nH]c3c(F)cc(F)cc23)[C@@H]1CCCC. The van der Waals surface area contributed by atoms with Crippen molar-refractivity contribution in [1.82, 2.24) is 9.88 Å². The largest absolute Gasteiger partial charge is 0.354 e. The maximum atomic E-state index is 14.4. The number of halogens is 2. The van der Waals surface area contributed by atoms with Gasteiger partial charge in [0.2, 0.25) is 0 Å². The molecule has 5 heteroatoms. The highest BCUT2D eigenvalue weighted by Gasteiger charge is 2.38. The van der Waals surface area contributed by atoms with E-state index in [9.17, 15) is 13.6 Å². The normalized spacial score (nSPS) is 19.1. The molecule has 2 atom stereocenters. The zero-order valence-corrected chi connectivity index (χ0v) is 15.9. The molecule has 1 amide bonds. The number of hydrogen-bond acceptors (Lipinski definition) is 1. The molecule has 0 fully saturated rings. The number of aromatic nitrogens is 1. The van der Waals surface area contributed by atoms with Crippen LogP contribution in [0.4, 0.5) is 8.78 Å². The molecule has 1 aromatic carbocycles. The highest BCUT2D eigenvalue weighted by molar-refractivity contribution is 5.94. The molecular weight excluding hydrogens is 346 g/mol. The second-order valence-electron chi connectivity index (χ2n) is 7.34. The van der Waals surface area contributed by atoms with Crippen LogP contribution in [-0.2, 0) is 11.2 Å². The highest BCUT2D eigenvalue weighted by atomic mass is 19.1. The Morgan fingerprint density at radius 2 is 1.96 bits per heavy atom. The van der Waals surface area contributed by atoms with Crippen molar-refractivity contribution in [3.8, 4) is 12.3 Å². The molecule has 0 spiro atoms. The Morgan fingerprint density at radius 3 is 2.63 bits per heavy atom. The first-order valence-corrected chi connectivity index (χ1v) is 9.80. The monoisotopic (exact) mass is 372 g/mol. The number of benzene rings is 1. The van der Waals surface area contributed by atoms with Crippen LogP contribution in [0.3, 0.4) is 0 Å². The third-order valence-electron chi connectivity index (χ3n) is 5.55. The third-order valence-corrected chi connectivity index (χ3v) is 5.55. The highest BCUT2D eigenvalue weighted by Crippen LogP contribution is 2.41. The topological polar surface area (TPSA) is 36.1 Å². The number of hydrogen-bond donors (Lipinski definition) is 1. The molecule has 0 unspecified atom stereocenters. The minimum absolute atomic E-state index is 0.0480. The van der Waals surface area contributed by atoms with Gasteiger partial charge in [0.05, 0.1) is 11.6 Å². The molecule has 3 rings (SSSR count). The van der Waals surface area contributed by atoms with Crippen molar-refractivity contribution in [1.29, 1.82) is 0 Å². The second kappa shape index (κ2) is 8.12. The first kappa shape index (κ1) is 19.4. The van der Waals surface area contributed by atoms with E-state index >= 15 is 0 Å². The van der Waals surface area contributed by atoms with Crippen LogP contribution >= 0.6 is 0 Å². The fourth-order valence-corrected chi connectivity index (χ4v) is 4.27. The van der Waals surface area contributed by atoms with Crippen molar-refractivity contribution >= 4 is 16.8 Å². The predicted octanol–water partition coefficient (Wildman–Crippen LogP) is 5.25. The van der Waals surface area contributed by atoms with E-state index in [1.54, 1.807) is 4.90 Å². The first-order valence-electron chi connectivity index (χ1n) is 9.80. The van der Waals surface area contributed by atoms with Crippen molar-refractivity contribution in [2.45, 2.75) is 70.9 Å². The Bertz CT molecular complexity index is 881. The summed E-state index contributed by atoms with van der Waals surface area (Å²) in [4.78, 5) is 17.6. The van der Waals surface area contributed by atoms with Crippen molar-refractivity contribution in [3.63, 3.8) is 0 Å². The summed E-state index contributed by atoms with van der Waals surface area (Å²) in [5.74, 6) is 0.759. The van der Waals surface area contributed by atoms with Crippen LogP contribution in [0, 0.1) is 24.0 Å². The number of aromatic amines is 1. The minimum Gasteiger partial charge on any atom is -0.354 e. The van der Waals surface area contributed by atoms with Gasteiger partial charge in [-0.3, -0.25) is 4.79 Å². The van der Waals surface area contributed by atoms with E-state index in [-0.39, 0.29) is 18.0 Å². The molecule has 0 saturated carbocycles. The van der Waals surface area contributed by atoms with E-state index in [0.717, 1.165) is 55.8 Å². The third kappa shape index (κ3) is 3.58. The van der Waals surface area contributed by atoms with E-state index in [1.807, 2.05) is 0 Å². The van der Waals surface area contributed by atoms with Gasteiger partial charge >= 0.3 is 0 Å². The van der Waals surface area contributed by atoms with Gasteiger partial charge in [-0.05, 0) is 36.8 Å². The number of fused-ring (bicyclic) bond motifs is 3. The van der Waals surface area contributed by atoms with Crippen LogP contribution in [0.2, 0.25) is 0 Å². The molecule has 0 bridgehead atoms. The van der Waals surface area contributed by atoms with Crippen molar-refractivity contribution in [2.75, 3.05) is 0 Å². The van der Waals surface area contributed by atoms with Crippen LogP contribution in [0.1, 0.15) is 69.7 Å². The maximum absolute atomic E-state index is 14.4. The van der Waals surface area contributed by atoms with Gasteiger partial charge in [0.15, 0.2) is 0 Å². The number of carbonyl (C=O) groups excluding carboxylic acids is 1. The molecule has 0 radical (unpaired) electrons. The van der Waals surface area contributed by atoms with Gasteiger partial charge < -0.3 is 9.88 Å². The number of rotatable bonds is 6. The molecular formula is C22H26F2N2O. The van der Waals surface area contributed by atoms with Crippen LogP contribution in [-0.4, -0.2) is 21.8 Å². The van der Waals surface area contributed by atoms with Crippen LogP contribution < -0.4 is 0 Å². The van der Waals surface area contributed by atoms with Gasteiger partial charge in [0.1, 0.15) is 11.6 Å². The summed E-state index contributed by atoms with van der Waals surface area (Å²) in [7, 11) is 0. The molecule has 27 heavy (non-hydrogen) atoms. The molecule has 2 aromatic rings. The first-order chi connectivity index (χ1) is 13.0. The predicted molar refractivity (Wildman–Crippen MR) is 103 cm³/mol. The molecule has 1 aromatic heterocycles. The van der Waals surface area contributed by atoms with Crippen LogP contribution in [0.5, 0.6) is 0 Å². The Balaban J connectivity index is 2.16. The summed E-state index contributed by atoms with van der Waals surface area (Å²) in [6, 6.07) is 2.01. The maximum Gasteiger partial charge on any atom is 0.299 e. The molecule has 1 aliphatic heterocycles. The van der Waals surface area contributed by atoms with Gasteiger partial charge in [-0.2, -0.15) is 0 Å². The number of amides is 1. The molecule has 144 valence electrons. The second-order valence-corrected chi connectivity index (χ2v) is 7.34. The molecule has 1 aliphatic rings. The summed E-state index contributed by atoms with van der Waals surface area (Å²) < 4.78 is 28.2. The molecule has 0 aliphatic carbocycles. The molecule has 2 heterocycles. The Hall–Kier alpha value is -2.35. The van der Waals surface area contributed by atoms with Gasteiger partial charge in [-0.1, -0.05) is 39.5 Å². The van der Waals surface area contributed by atoms with E-state index in [1.165, 1.54) is 6.07 Å². The van der Waals surface area contributed by atoms with Crippen LogP contribution in [0.15, 0.2) is 12.1 Å². The lowest BCUT2D eigenvalue weighted by Gasteiger charge is -2.41. The number of terminal acetylenes is 1. The Morgan fingerprint density at radius 1 is 1.26 bits per heavy atom.